The number of hydrogen-bond acceptors (Lipinski definition) is 5. The molecule has 0 bridgehead atoms. The van der Waals surface area contributed by atoms with Crippen molar-refractivity contribution in [2.45, 2.75) is 19.8 Å². The van der Waals surface area contributed by atoms with Crippen LogP contribution in [-0.2, 0) is 4.79 Å². The van der Waals surface area contributed by atoms with Crippen molar-refractivity contribution in [2.24, 2.45) is 5.92 Å². The molecule has 1 aliphatic heterocycles. The molecule has 0 saturated carbocycles. The van der Waals surface area contributed by atoms with E-state index < -0.39 is 0 Å². The van der Waals surface area contributed by atoms with E-state index in [2.05, 4.69) is 20.2 Å². The van der Waals surface area contributed by atoms with Crippen LogP contribution in [0.1, 0.15) is 18.6 Å². The Kier molecular flexibility index (Phi) is 4.09. The molecule has 2 aromatic heterocycles. The molecule has 1 saturated heterocycles. The van der Waals surface area contributed by atoms with E-state index in [9.17, 15) is 4.79 Å². The number of rotatable bonds is 3. The third-order valence-electron chi connectivity index (χ3n) is 4.66. The van der Waals surface area contributed by atoms with Gasteiger partial charge in [0.1, 0.15) is 23.5 Å². The Morgan fingerprint density at radius 1 is 1.24 bits per heavy atom. The second-order valence-corrected chi connectivity index (χ2v) is 6.43. The molecule has 1 N–H and O–H groups in total. The molecule has 0 unspecified atom stereocenters. The van der Waals surface area contributed by atoms with Gasteiger partial charge in [0, 0.05) is 36.3 Å². The lowest BCUT2D eigenvalue weighted by Gasteiger charge is -2.32. The van der Waals surface area contributed by atoms with Gasteiger partial charge in [0.05, 0.1) is 0 Å². The number of carbonyl (C=O) groups is 1. The summed E-state index contributed by atoms with van der Waals surface area (Å²) in [7, 11) is 0. The van der Waals surface area contributed by atoms with Crippen LogP contribution in [0.25, 0.3) is 11.0 Å². The van der Waals surface area contributed by atoms with Gasteiger partial charge in [-0.05, 0) is 50.1 Å². The number of carbonyl (C=O) groups excluding carboxylic acids is 1. The summed E-state index contributed by atoms with van der Waals surface area (Å²) in [6, 6.07) is 9.63. The molecule has 3 heterocycles. The summed E-state index contributed by atoms with van der Waals surface area (Å²) < 4.78 is 5.57. The van der Waals surface area contributed by atoms with Gasteiger partial charge in [-0.15, -0.1) is 0 Å². The fraction of sp³-hybridized carbons (Fsp3) is 0.316. The average molecular weight is 336 g/mol. The summed E-state index contributed by atoms with van der Waals surface area (Å²) in [6.45, 7) is 3.58. The van der Waals surface area contributed by atoms with Crippen LogP contribution in [0.15, 0.2) is 47.3 Å². The molecule has 0 spiro atoms. The van der Waals surface area contributed by atoms with Crippen LogP contribution < -0.4 is 10.2 Å². The van der Waals surface area contributed by atoms with Crippen LogP contribution in [0.4, 0.5) is 11.5 Å². The second kappa shape index (κ2) is 6.55. The Morgan fingerprint density at radius 2 is 2.08 bits per heavy atom. The maximum absolute atomic E-state index is 12.6. The standard InChI is InChI=1S/C19H20N4O2/c1-13-10-15-11-16(2-3-17(15)25-13)22-19(24)14-5-8-23(9-6-14)18-4-7-20-12-21-18/h2-4,7,10-12,14H,5-6,8-9H2,1H3,(H,22,24). The van der Waals surface area contributed by atoms with Gasteiger partial charge in [-0.25, -0.2) is 9.97 Å². The van der Waals surface area contributed by atoms with Crippen molar-refractivity contribution in [1.82, 2.24) is 9.97 Å². The molecule has 128 valence electrons. The van der Waals surface area contributed by atoms with Gasteiger partial charge in [-0.1, -0.05) is 0 Å². The molecule has 6 nitrogen and oxygen atoms in total. The first-order valence-electron chi connectivity index (χ1n) is 8.51. The van der Waals surface area contributed by atoms with Gasteiger partial charge < -0.3 is 14.6 Å². The fourth-order valence-corrected chi connectivity index (χ4v) is 3.34. The van der Waals surface area contributed by atoms with Crippen LogP contribution in [0, 0.1) is 12.8 Å². The van der Waals surface area contributed by atoms with Gasteiger partial charge in [0.2, 0.25) is 5.91 Å². The Hall–Kier alpha value is -2.89. The zero-order chi connectivity index (χ0) is 17.2. The van der Waals surface area contributed by atoms with E-state index in [1.165, 1.54) is 0 Å². The van der Waals surface area contributed by atoms with Crippen LogP contribution >= 0.6 is 0 Å². The van der Waals surface area contributed by atoms with Crippen LogP contribution in [-0.4, -0.2) is 29.0 Å². The summed E-state index contributed by atoms with van der Waals surface area (Å²) in [5.41, 5.74) is 1.66. The summed E-state index contributed by atoms with van der Waals surface area (Å²) in [4.78, 5) is 23.0. The minimum Gasteiger partial charge on any atom is -0.461 e. The summed E-state index contributed by atoms with van der Waals surface area (Å²) in [5, 5.41) is 4.05. The van der Waals surface area contributed by atoms with Crippen molar-refractivity contribution in [3.8, 4) is 0 Å². The third-order valence-corrected chi connectivity index (χ3v) is 4.66. The molecule has 0 atom stereocenters. The molecule has 4 rings (SSSR count). The van der Waals surface area contributed by atoms with E-state index in [4.69, 9.17) is 4.42 Å². The predicted molar refractivity (Wildman–Crippen MR) is 96.5 cm³/mol. The highest BCUT2D eigenvalue weighted by Gasteiger charge is 2.25. The lowest BCUT2D eigenvalue weighted by atomic mass is 9.96. The van der Waals surface area contributed by atoms with Crippen molar-refractivity contribution >= 4 is 28.4 Å². The van der Waals surface area contributed by atoms with E-state index >= 15 is 0 Å². The molecule has 6 heteroatoms. The topological polar surface area (TPSA) is 71.3 Å². The number of aromatic nitrogens is 2. The van der Waals surface area contributed by atoms with E-state index in [1.807, 2.05) is 37.3 Å². The number of fused-ring (bicyclic) bond motifs is 1. The molecule has 0 radical (unpaired) electrons. The number of piperidine rings is 1. The van der Waals surface area contributed by atoms with Gasteiger partial charge in [0.15, 0.2) is 0 Å². The van der Waals surface area contributed by atoms with Crippen molar-refractivity contribution < 1.29 is 9.21 Å². The maximum atomic E-state index is 12.6. The summed E-state index contributed by atoms with van der Waals surface area (Å²) in [5.74, 6) is 1.91. The zero-order valence-electron chi connectivity index (χ0n) is 14.1. The number of benzene rings is 1. The Labute approximate surface area is 145 Å². The number of anilines is 2. The Morgan fingerprint density at radius 3 is 2.84 bits per heavy atom. The van der Waals surface area contributed by atoms with Gasteiger partial charge in [-0.2, -0.15) is 0 Å². The number of aryl methyl sites for hydroxylation is 1. The number of amides is 1. The molecule has 1 fully saturated rings. The quantitative estimate of drug-likeness (QED) is 0.794. The molecule has 3 aromatic rings. The number of hydrogen-bond donors (Lipinski definition) is 1. The second-order valence-electron chi connectivity index (χ2n) is 6.43. The van der Waals surface area contributed by atoms with Crippen LogP contribution in [0.3, 0.4) is 0 Å². The summed E-state index contributed by atoms with van der Waals surface area (Å²) in [6.07, 6.45) is 4.95. The Bertz CT molecular complexity index is 883. The minimum atomic E-state index is 0.0277. The van der Waals surface area contributed by atoms with Crippen molar-refractivity contribution in [3.63, 3.8) is 0 Å². The number of nitrogens with zero attached hydrogens (tertiary/aromatic N) is 3. The molecule has 1 amide bonds. The van der Waals surface area contributed by atoms with Crippen LogP contribution in [0.5, 0.6) is 0 Å². The van der Waals surface area contributed by atoms with Gasteiger partial charge in [-0.3, -0.25) is 4.79 Å². The molecule has 1 aromatic carbocycles. The third kappa shape index (κ3) is 3.33. The van der Waals surface area contributed by atoms with Crippen molar-refractivity contribution in [3.05, 3.63) is 48.6 Å². The highest BCUT2D eigenvalue weighted by Crippen LogP contribution is 2.25. The van der Waals surface area contributed by atoms with E-state index in [-0.39, 0.29) is 11.8 Å². The highest BCUT2D eigenvalue weighted by molar-refractivity contribution is 5.95. The van der Waals surface area contributed by atoms with Gasteiger partial charge in [0.25, 0.3) is 0 Å². The lowest BCUT2D eigenvalue weighted by molar-refractivity contribution is -0.120. The molecule has 1 aliphatic rings. The highest BCUT2D eigenvalue weighted by atomic mass is 16.3. The normalized spacial score (nSPS) is 15.5. The minimum absolute atomic E-state index is 0.0277. The van der Waals surface area contributed by atoms with E-state index in [1.54, 1.807) is 12.5 Å². The lowest BCUT2D eigenvalue weighted by Crippen LogP contribution is -2.38. The molecule has 25 heavy (non-hydrogen) atoms. The summed E-state index contributed by atoms with van der Waals surface area (Å²) >= 11 is 0. The predicted octanol–water partition coefficient (Wildman–Crippen LogP) is 3.39. The van der Waals surface area contributed by atoms with E-state index in [0.29, 0.717) is 0 Å². The molecular formula is C19H20N4O2. The number of furan rings is 1. The monoisotopic (exact) mass is 336 g/mol. The van der Waals surface area contributed by atoms with Gasteiger partial charge >= 0.3 is 0 Å². The first-order valence-corrected chi connectivity index (χ1v) is 8.51. The molecular weight excluding hydrogens is 316 g/mol. The first-order chi connectivity index (χ1) is 12.2. The van der Waals surface area contributed by atoms with E-state index in [0.717, 1.165) is 54.2 Å². The first kappa shape index (κ1) is 15.6. The van der Waals surface area contributed by atoms with Crippen LogP contribution in [0.2, 0.25) is 0 Å². The maximum Gasteiger partial charge on any atom is 0.227 e. The van der Waals surface area contributed by atoms with Crippen molar-refractivity contribution in [2.75, 3.05) is 23.3 Å². The average Bonchev–Trinajstić information content (AvgIpc) is 3.02. The smallest absolute Gasteiger partial charge is 0.227 e. The zero-order valence-corrected chi connectivity index (χ0v) is 14.1. The van der Waals surface area contributed by atoms with Crippen molar-refractivity contribution in [1.29, 1.82) is 0 Å². The fourth-order valence-electron chi connectivity index (χ4n) is 3.34. The number of nitrogens with one attached hydrogen (secondary N) is 1. The Balaban J connectivity index is 1.38. The largest absolute Gasteiger partial charge is 0.461 e. The molecule has 0 aliphatic carbocycles. The SMILES string of the molecule is Cc1cc2cc(NC(=O)C3CCN(c4ccncn4)CC3)ccc2o1.